The minimum atomic E-state index is -0.276. The van der Waals surface area contributed by atoms with Gasteiger partial charge < -0.3 is 14.4 Å². The van der Waals surface area contributed by atoms with Crippen molar-refractivity contribution >= 4 is 11.9 Å². The molecule has 1 aliphatic carbocycles. The number of carbonyl (C=O) groups is 2. The fourth-order valence-electron chi connectivity index (χ4n) is 4.77. The number of ether oxygens (including phenoxy) is 2. The van der Waals surface area contributed by atoms with Gasteiger partial charge in [-0.25, -0.2) is 0 Å². The van der Waals surface area contributed by atoms with Gasteiger partial charge in [-0.15, -0.1) is 0 Å². The van der Waals surface area contributed by atoms with Gasteiger partial charge in [0.2, 0.25) is 0 Å². The molecule has 200 valence electrons. The Labute approximate surface area is 218 Å². The molecule has 0 fully saturated rings. The van der Waals surface area contributed by atoms with E-state index in [1.165, 1.54) is 5.57 Å². The summed E-state index contributed by atoms with van der Waals surface area (Å²) in [7, 11) is 3.88. The molecule has 0 N–H and O–H groups in total. The lowest BCUT2D eigenvalue weighted by atomic mass is 9.73. The van der Waals surface area contributed by atoms with Crippen LogP contribution in [0.15, 0.2) is 35.9 Å². The Bertz CT molecular complexity index is 931. The van der Waals surface area contributed by atoms with Gasteiger partial charge in [0, 0.05) is 24.4 Å². The lowest BCUT2D eigenvalue weighted by Crippen LogP contribution is -2.22. The molecule has 0 spiro atoms. The summed E-state index contributed by atoms with van der Waals surface area (Å²) < 4.78 is 12.1. The van der Waals surface area contributed by atoms with Crippen molar-refractivity contribution < 1.29 is 19.1 Å². The Balaban J connectivity index is 2.61. The fraction of sp³-hybridized carbons (Fsp3) is 0.613. The van der Waals surface area contributed by atoms with Crippen molar-refractivity contribution in [3.05, 3.63) is 47.1 Å². The van der Waals surface area contributed by atoms with Crippen molar-refractivity contribution in [2.75, 3.05) is 20.6 Å². The van der Waals surface area contributed by atoms with Crippen LogP contribution in [0.2, 0.25) is 0 Å². The molecule has 5 nitrogen and oxygen atoms in total. The Morgan fingerprint density at radius 2 is 1.61 bits per heavy atom. The number of carbonyl (C=O) groups excluding carboxylic acids is 2. The smallest absolute Gasteiger partial charge is 0.312 e. The maximum Gasteiger partial charge on any atom is 0.312 e. The van der Waals surface area contributed by atoms with Crippen molar-refractivity contribution in [1.82, 2.24) is 4.90 Å². The van der Waals surface area contributed by atoms with Gasteiger partial charge >= 0.3 is 11.9 Å². The summed E-state index contributed by atoms with van der Waals surface area (Å²) in [6.45, 7) is 13.3. The predicted molar refractivity (Wildman–Crippen MR) is 148 cm³/mol. The van der Waals surface area contributed by atoms with Crippen molar-refractivity contribution in [2.24, 2.45) is 5.92 Å². The monoisotopic (exact) mass is 497 g/mol. The summed E-state index contributed by atoms with van der Waals surface area (Å²) in [6, 6.07) is 3.99. The van der Waals surface area contributed by atoms with E-state index in [4.69, 9.17) is 9.47 Å². The normalized spacial score (nSPS) is 17.6. The SMILES string of the molecule is C=C(C)C1CCC(C)=CC1c1c(OC(=O)CCCC)cc(CCCCC)cc1OC(=O)CCN(C)C. The third-order valence-corrected chi connectivity index (χ3v) is 6.89. The molecule has 2 unspecified atom stereocenters. The zero-order valence-corrected chi connectivity index (χ0v) is 23.5. The molecular formula is C31H47NO4. The summed E-state index contributed by atoms with van der Waals surface area (Å²) in [5.41, 5.74) is 4.20. The molecule has 0 aromatic heterocycles. The van der Waals surface area contributed by atoms with Crippen LogP contribution in [0.3, 0.4) is 0 Å². The highest BCUT2D eigenvalue weighted by molar-refractivity contribution is 5.76. The first kappa shape index (κ1) is 29.8. The second-order valence-electron chi connectivity index (χ2n) is 10.6. The highest BCUT2D eigenvalue weighted by atomic mass is 16.5. The van der Waals surface area contributed by atoms with Gasteiger partial charge in [-0.2, -0.15) is 0 Å². The predicted octanol–water partition coefficient (Wildman–Crippen LogP) is 7.39. The van der Waals surface area contributed by atoms with E-state index >= 15 is 0 Å². The maximum atomic E-state index is 12.9. The third kappa shape index (κ3) is 9.24. The first-order valence-corrected chi connectivity index (χ1v) is 13.7. The number of hydrogen-bond acceptors (Lipinski definition) is 5. The van der Waals surface area contributed by atoms with E-state index in [2.05, 4.69) is 40.3 Å². The number of nitrogens with zero attached hydrogens (tertiary/aromatic N) is 1. The molecule has 0 heterocycles. The van der Waals surface area contributed by atoms with Crippen molar-refractivity contribution in [1.29, 1.82) is 0 Å². The molecule has 1 aliphatic rings. The summed E-state index contributed by atoms with van der Waals surface area (Å²) in [5, 5.41) is 0. The molecule has 0 aliphatic heterocycles. The summed E-state index contributed by atoms with van der Waals surface area (Å²) in [6.07, 6.45) is 10.7. The molecule has 0 bridgehead atoms. The Kier molecular flexibility index (Phi) is 12.4. The van der Waals surface area contributed by atoms with E-state index in [1.807, 2.05) is 31.1 Å². The van der Waals surface area contributed by atoms with Gasteiger partial charge in [0.1, 0.15) is 11.5 Å². The van der Waals surface area contributed by atoms with Gasteiger partial charge in [-0.1, -0.05) is 56.9 Å². The Morgan fingerprint density at radius 1 is 1.00 bits per heavy atom. The summed E-state index contributed by atoms with van der Waals surface area (Å²) in [4.78, 5) is 27.7. The highest BCUT2D eigenvalue weighted by Crippen LogP contribution is 2.47. The lowest BCUT2D eigenvalue weighted by molar-refractivity contribution is -0.135. The number of hydrogen-bond donors (Lipinski definition) is 0. The molecular weight excluding hydrogens is 450 g/mol. The number of esters is 2. The van der Waals surface area contributed by atoms with Crippen molar-refractivity contribution in [3.63, 3.8) is 0 Å². The average Bonchev–Trinajstić information content (AvgIpc) is 2.81. The van der Waals surface area contributed by atoms with Gasteiger partial charge in [-0.05, 0) is 83.7 Å². The number of allylic oxidation sites excluding steroid dienone is 3. The second kappa shape index (κ2) is 15.0. The van der Waals surface area contributed by atoms with Crippen LogP contribution in [0.4, 0.5) is 0 Å². The van der Waals surface area contributed by atoms with E-state index in [-0.39, 0.29) is 23.8 Å². The molecule has 0 amide bonds. The van der Waals surface area contributed by atoms with E-state index < -0.39 is 0 Å². The lowest BCUT2D eigenvalue weighted by Gasteiger charge is -2.32. The average molecular weight is 498 g/mol. The van der Waals surface area contributed by atoms with Gasteiger partial charge in [0.15, 0.2) is 0 Å². The maximum absolute atomic E-state index is 12.9. The van der Waals surface area contributed by atoms with Gasteiger partial charge in [0.25, 0.3) is 0 Å². The first-order chi connectivity index (χ1) is 17.2. The van der Waals surface area contributed by atoms with E-state index in [9.17, 15) is 9.59 Å². The van der Waals surface area contributed by atoms with Crippen LogP contribution in [0.1, 0.15) is 103 Å². The van der Waals surface area contributed by atoms with Crippen LogP contribution < -0.4 is 9.47 Å². The Hall–Kier alpha value is -2.40. The molecule has 1 aromatic carbocycles. The second-order valence-corrected chi connectivity index (χ2v) is 10.6. The van der Waals surface area contributed by atoms with E-state index in [0.717, 1.165) is 68.1 Å². The molecule has 2 rings (SSSR count). The van der Waals surface area contributed by atoms with Crippen LogP contribution in [0, 0.1) is 5.92 Å². The molecule has 0 saturated heterocycles. The fourth-order valence-corrected chi connectivity index (χ4v) is 4.77. The van der Waals surface area contributed by atoms with E-state index in [1.54, 1.807) is 0 Å². The van der Waals surface area contributed by atoms with Crippen LogP contribution >= 0.6 is 0 Å². The highest BCUT2D eigenvalue weighted by Gasteiger charge is 2.32. The standard InChI is InChI=1S/C31H47NO4/c1-8-10-12-13-24-20-27(35-29(33)14-11-9-2)31(26-19-23(5)15-16-25(26)22(3)4)28(21-24)36-30(34)17-18-32(6)7/h19-21,25-26H,3,8-18H2,1-2,4-7H3. The molecule has 0 radical (unpaired) electrons. The quantitative estimate of drug-likeness (QED) is 0.116. The van der Waals surface area contributed by atoms with Crippen LogP contribution in [0.25, 0.3) is 0 Å². The van der Waals surface area contributed by atoms with Crippen LogP contribution in [0.5, 0.6) is 11.5 Å². The molecule has 0 saturated carbocycles. The van der Waals surface area contributed by atoms with Crippen molar-refractivity contribution in [3.8, 4) is 11.5 Å². The number of benzene rings is 1. The summed E-state index contributed by atoms with van der Waals surface area (Å²) >= 11 is 0. The number of unbranched alkanes of at least 4 members (excludes halogenated alkanes) is 3. The molecule has 2 atom stereocenters. The number of aryl methyl sites for hydroxylation is 1. The zero-order chi connectivity index (χ0) is 26.7. The minimum absolute atomic E-state index is 0.0634. The third-order valence-electron chi connectivity index (χ3n) is 6.89. The number of rotatable bonds is 14. The summed E-state index contributed by atoms with van der Waals surface area (Å²) in [5.74, 6) is 0.661. The van der Waals surface area contributed by atoms with Crippen LogP contribution in [-0.4, -0.2) is 37.5 Å². The Morgan fingerprint density at radius 3 is 2.17 bits per heavy atom. The zero-order valence-electron chi connectivity index (χ0n) is 23.5. The molecule has 36 heavy (non-hydrogen) atoms. The van der Waals surface area contributed by atoms with E-state index in [0.29, 0.717) is 30.9 Å². The van der Waals surface area contributed by atoms with Gasteiger partial charge in [0.05, 0.1) is 6.42 Å². The first-order valence-electron chi connectivity index (χ1n) is 13.7. The van der Waals surface area contributed by atoms with Crippen molar-refractivity contribution in [2.45, 2.75) is 97.8 Å². The van der Waals surface area contributed by atoms with Gasteiger partial charge in [-0.3, -0.25) is 9.59 Å². The van der Waals surface area contributed by atoms with Crippen LogP contribution in [-0.2, 0) is 16.0 Å². The minimum Gasteiger partial charge on any atom is -0.426 e. The molecule has 1 aromatic rings. The largest absolute Gasteiger partial charge is 0.426 e. The topological polar surface area (TPSA) is 55.8 Å². The molecule has 5 heteroatoms.